The number of fused-ring (bicyclic) bond motifs is 1. The third kappa shape index (κ3) is 5.32. The second-order valence-corrected chi connectivity index (χ2v) is 7.00. The molecule has 0 fully saturated rings. The van der Waals surface area contributed by atoms with Crippen LogP contribution in [0.1, 0.15) is 11.1 Å². The predicted octanol–water partition coefficient (Wildman–Crippen LogP) is 1.72. The van der Waals surface area contributed by atoms with Gasteiger partial charge in [0.1, 0.15) is 6.04 Å². The standard InChI is InChI=1S/C21H24N4O5/c1-30-21(27)19-12-15-4-2-3-5-16(15)13-24(19)14-20(26)23-11-10-22-17-6-8-18(9-7-17)25(28)29/h2-9,19,22H,10-14H2,1H3,(H,23,26)/t19-/m0/s1. The van der Waals surface area contributed by atoms with Crippen LogP contribution in [0.5, 0.6) is 0 Å². The molecule has 9 heteroatoms. The van der Waals surface area contributed by atoms with Gasteiger partial charge in [0, 0.05) is 37.5 Å². The SMILES string of the molecule is COC(=O)[C@@H]1Cc2ccccc2CN1CC(=O)NCCNc1ccc([N+](=O)[O-])cc1. The van der Waals surface area contributed by atoms with Crippen LogP contribution >= 0.6 is 0 Å². The second kappa shape index (κ2) is 9.84. The molecule has 158 valence electrons. The fraction of sp³-hybridized carbons (Fsp3) is 0.333. The van der Waals surface area contributed by atoms with E-state index in [4.69, 9.17) is 4.74 Å². The normalized spacial score (nSPS) is 15.7. The van der Waals surface area contributed by atoms with Crippen LogP contribution in [-0.4, -0.2) is 54.5 Å². The van der Waals surface area contributed by atoms with Gasteiger partial charge in [0.15, 0.2) is 0 Å². The Kier molecular flexibility index (Phi) is 6.97. The highest BCUT2D eigenvalue weighted by Crippen LogP contribution is 2.23. The van der Waals surface area contributed by atoms with E-state index >= 15 is 0 Å². The Bertz CT molecular complexity index is 916. The van der Waals surface area contributed by atoms with Crippen molar-refractivity contribution in [1.29, 1.82) is 0 Å². The first-order valence-electron chi connectivity index (χ1n) is 9.61. The number of nitrogens with zero attached hydrogens (tertiary/aromatic N) is 2. The maximum absolute atomic E-state index is 12.4. The molecule has 1 amide bonds. The highest BCUT2D eigenvalue weighted by Gasteiger charge is 2.33. The number of rotatable bonds is 8. The Morgan fingerprint density at radius 1 is 1.13 bits per heavy atom. The number of esters is 1. The Labute approximate surface area is 174 Å². The van der Waals surface area contributed by atoms with Crippen LogP contribution < -0.4 is 10.6 Å². The Balaban J connectivity index is 1.49. The molecule has 3 rings (SSSR count). The Morgan fingerprint density at radius 3 is 2.50 bits per heavy atom. The van der Waals surface area contributed by atoms with Gasteiger partial charge in [0.25, 0.3) is 5.69 Å². The number of anilines is 1. The van der Waals surface area contributed by atoms with Crippen LogP contribution in [0.25, 0.3) is 0 Å². The van der Waals surface area contributed by atoms with Crippen LogP contribution in [0.3, 0.4) is 0 Å². The van der Waals surface area contributed by atoms with Crippen molar-refractivity contribution in [3.63, 3.8) is 0 Å². The number of ether oxygens (including phenoxy) is 1. The number of carbonyl (C=O) groups excluding carboxylic acids is 2. The van der Waals surface area contributed by atoms with Crippen LogP contribution in [-0.2, 0) is 27.3 Å². The third-order valence-corrected chi connectivity index (χ3v) is 5.02. The molecular formula is C21H24N4O5. The summed E-state index contributed by atoms with van der Waals surface area (Å²) in [6.07, 6.45) is 0.512. The fourth-order valence-electron chi connectivity index (χ4n) is 3.46. The monoisotopic (exact) mass is 412 g/mol. The van der Waals surface area contributed by atoms with Gasteiger partial charge in [-0.15, -0.1) is 0 Å². The number of nitro groups is 1. The van der Waals surface area contributed by atoms with Crippen molar-refractivity contribution in [2.24, 2.45) is 0 Å². The van der Waals surface area contributed by atoms with Crippen LogP contribution in [0.2, 0.25) is 0 Å². The molecule has 0 spiro atoms. The van der Waals surface area contributed by atoms with E-state index in [2.05, 4.69) is 10.6 Å². The predicted molar refractivity (Wildman–Crippen MR) is 111 cm³/mol. The molecule has 1 atom stereocenters. The zero-order chi connectivity index (χ0) is 21.5. The largest absolute Gasteiger partial charge is 0.468 e. The van der Waals surface area contributed by atoms with E-state index in [0.717, 1.165) is 16.8 Å². The summed E-state index contributed by atoms with van der Waals surface area (Å²) < 4.78 is 4.92. The first-order valence-corrected chi connectivity index (χ1v) is 9.61. The molecule has 0 saturated carbocycles. The van der Waals surface area contributed by atoms with Gasteiger partial charge < -0.3 is 15.4 Å². The molecule has 0 radical (unpaired) electrons. The summed E-state index contributed by atoms with van der Waals surface area (Å²) in [5, 5.41) is 16.6. The molecule has 0 aromatic heterocycles. The Morgan fingerprint density at radius 2 is 1.83 bits per heavy atom. The van der Waals surface area contributed by atoms with Crippen LogP contribution in [0, 0.1) is 10.1 Å². The Hall–Kier alpha value is -3.46. The zero-order valence-corrected chi connectivity index (χ0v) is 16.7. The number of carbonyl (C=O) groups is 2. The lowest BCUT2D eigenvalue weighted by Crippen LogP contribution is -2.50. The maximum Gasteiger partial charge on any atom is 0.323 e. The first-order chi connectivity index (χ1) is 14.5. The molecule has 0 unspecified atom stereocenters. The molecule has 9 nitrogen and oxygen atoms in total. The summed E-state index contributed by atoms with van der Waals surface area (Å²) in [5.74, 6) is -0.536. The van der Waals surface area contributed by atoms with E-state index in [1.165, 1.54) is 19.2 Å². The van der Waals surface area contributed by atoms with Crippen molar-refractivity contribution in [3.05, 3.63) is 69.8 Å². The summed E-state index contributed by atoms with van der Waals surface area (Å²) in [5.41, 5.74) is 2.95. The van der Waals surface area contributed by atoms with E-state index in [1.54, 1.807) is 12.1 Å². The van der Waals surface area contributed by atoms with Crippen molar-refractivity contribution in [2.75, 3.05) is 32.1 Å². The molecular weight excluding hydrogens is 388 g/mol. The number of hydrogen-bond acceptors (Lipinski definition) is 7. The van der Waals surface area contributed by atoms with E-state index in [-0.39, 0.29) is 24.1 Å². The average Bonchev–Trinajstić information content (AvgIpc) is 2.76. The topological polar surface area (TPSA) is 114 Å². The number of nitro benzene ring substituents is 1. The number of methoxy groups -OCH3 is 1. The van der Waals surface area contributed by atoms with Gasteiger partial charge >= 0.3 is 5.97 Å². The van der Waals surface area contributed by atoms with E-state index in [1.807, 2.05) is 29.2 Å². The summed E-state index contributed by atoms with van der Waals surface area (Å²) in [6.45, 7) is 1.44. The van der Waals surface area contributed by atoms with E-state index in [0.29, 0.717) is 26.1 Å². The van der Waals surface area contributed by atoms with Gasteiger partial charge in [0.2, 0.25) is 5.91 Å². The zero-order valence-electron chi connectivity index (χ0n) is 16.7. The molecule has 1 aliphatic heterocycles. The van der Waals surface area contributed by atoms with Crippen molar-refractivity contribution in [2.45, 2.75) is 19.0 Å². The maximum atomic E-state index is 12.4. The first kappa shape index (κ1) is 21.3. The molecule has 0 saturated heterocycles. The number of non-ortho nitro benzene ring substituents is 1. The van der Waals surface area contributed by atoms with Gasteiger partial charge in [-0.3, -0.25) is 24.6 Å². The van der Waals surface area contributed by atoms with Gasteiger partial charge in [-0.2, -0.15) is 0 Å². The minimum absolute atomic E-state index is 0.0251. The smallest absolute Gasteiger partial charge is 0.323 e. The van der Waals surface area contributed by atoms with Gasteiger partial charge in [-0.1, -0.05) is 24.3 Å². The van der Waals surface area contributed by atoms with Gasteiger partial charge in [0.05, 0.1) is 18.6 Å². The van der Waals surface area contributed by atoms with E-state index in [9.17, 15) is 19.7 Å². The lowest BCUT2D eigenvalue weighted by Gasteiger charge is -2.34. The van der Waals surface area contributed by atoms with Crippen molar-refractivity contribution < 1.29 is 19.2 Å². The summed E-state index contributed by atoms with van der Waals surface area (Å²) >= 11 is 0. The van der Waals surface area contributed by atoms with Crippen molar-refractivity contribution in [3.8, 4) is 0 Å². The van der Waals surface area contributed by atoms with Gasteiger partial charge in [-0.25, -0.2) is 0 Å². The van der Waals surface area contributed by atoms with Crippen LogP contribution in [0.15, 0.2) is 48.5 Å². The minimum Gasteiger partial charge on any atom is -0.468 e. The van der Waals surface area contributed by atoms with Gasteiger partial charge in [-0.05, 0) is 29.7 Å². The molecule has 0 aliphatic carbocycles. The minimum atomic E-state index is -0.492. The third-order valence-electron chi connectivity index (χ3n) is 5.02. The molecule has 2 N–H and O–H groups in total. The quantitative estimate of drug-likeness (QED) is 0.294. The summed E-state index contributed by atoms with van der Waals surface area (Å²) in [4.78, 5) is 36.6. The number of hydrogen-bond donors (Lipinski definition) is 2. The van der Waals surface area contributed by atoms with Crippen molar-refractivity contribution >= 4 is 23.3 Å². The summed E-state index contributed by atoms with van der Waals surface area (Å²) in [6, 6.07) is 13.5. The second-order valence-electron chi connectivity index (χ2n) is 7.00. The number of benzene rings is 2. The molecule has 30 heavy (non-hydrogen) atoms. The molecule has 1 aliphatic rings. The highest BCUT2D eigenvalue weighted by atomic mass is 16.6. The van der Waals surface area contributed by atoms with Crippen molar-refractivity contribution in [1.82, 2.24) is 10.2 Å². The lowest BCUT2D eigenvalue weighted by atomic mass is 9.94. The number of amides is 1. The molecule has 1 heterocycles. The summed E-state index contributed by atoms with van der Waals surface area (Å²) in [7, 11) is 1.35. The number of nitrogens with one attached hydrogen (secondary N) is 2. The fourth-order valence-corrected chi connectivity index (χ4v) is 3.46. The van der Waals surface area contributed by atoms with E-state index < -0.39 is 11.0 Å². The average molecular weight is 412 g/mol. The highest BCUT2D eigenvalue weighted by molar-refractivity contribution is 5.81. The molecule has 0 bridgehead atoms. The molecule has 2 aromatic rings. The lowest BCUT2D eigenvalue weighted by molar-refractivity contribution is -0.384. The molecule has 2 aromatic carbocycles. The van der Waals surface area contributed by atoms with Crippen LogP contribution in [0.4, 0.5) is 11.4 Å².